The van der Waals surface area contributed by atoms with E-state index in [1.54, 1.807) is 20.3 Å². The molecule has 0 spiro atoms. The predicted molar refractivity (Wildman–Crippen MR) is 81.2 cm³/mol. The minimum absolute atomic E-state index is 0.268. The van der Waals surface area contributed by atoms with E-state index in [1.165, 1.54) is 12.1 Å². The summed E-state index contributed by atoms with van der Waals surface area (Å²) in [6.45, 7) is 1.89. The molecule has 0 saturated heterocycles. The third-order valence-electron chi connectivity index (χ3n) is 3.46. The molecule has 2 N–H and O–H groups in total. The van der Waals surface area contributed by atoms with E-state index in [0.717, 1.165) is 11.1 Å². The molecular formula is C17H20FNO2. The maximum atomic E-state index is 13.3. The molecule has 0 saturated carbocycles. The predicted octanol–water partition coefficient (Wildman–Crippen LogP) is 3.26. The first-order chi connectivity index (χ1) is 9.97. The van der Waals surface area contributed by atoms with E-state index in [4.69, 9.17) is 15.2 Å². The molecule has 2 aromatic carbocycles. The van der Waals surface area contributed by atoms with Crippen LogP contribution in [0.2, 0.25) is 0 Å². The van der Waals surface area contributed by atoms with Crippen LogP contribution in [-0.2, 0) is 12.0 Å². The zero-order chi connectivity index (χ0) is 15.5. The lowest BCUT2D eigenvalue weighted by atomic mass is 9.85. The molecule has 0 aliphatic rings. The summed E-state index contributed by atoms with van der Waals surface area (Å²) in [7, 11) is 3.19. The minimum Gasteiger partial charge on any atom is -0.496 e. The van der Waals surface area contributed by atoms with Crippen molar-refractivity contribution in [3.63, 3.8) is 0 Å². The molecule has 0 aliphatic heterocycles. The fraction of sp³-hybridized carbons (Fsp3) is 0.294. The van der Waals surface area contributed by atoms with Crippen molar-refractivity contribution in [2.75, 3.05) is 14.2 Å². The lowest BCUT2D eigenvalue weighted by Crippen LogP contribution is -2.36. The van der Waals surface area contributed by atoms with E-state index >= 15 is 0 Å². The first-order valence-corrected chi connectivity index (χ1v) is 6.72. The molecule has 0 aliphatic carbocycles. The van der Waals surface area contributed by atoms with Crippen LogP contribution in [0.5, 0.6) is 11.5 Å². The van der Waals surface area contributed by atoms with Gasteiger partial charge < -0.3 is 15.2 Å². The van der Waals surface area contributed by atoms with Gasteiger partial charge in [0.2, 0.25) is 0 Å². The summed E-state index contributed by atoms with van der Waals surface area (Å²) in [5.41, 5.74) is 7.35. The first kappa shape index (κ1) is 15.3. The average molecular weight is 289 g/mol. The van der Waals surface area contributed by atoms with Gasteiger partial charge in [0.15, 0.2) is 0 Å². The summed E-state index contributed by atoms with van der Waals surface area (Å²) in [6, 6.07) is 12.0. The zero-order valence-corrected chi connectivity index (χ0v) is 12.5. The van der Waals surface area contributed by atoms with Crippen LogP contribution >= 0.6 is 0 Å². The van der Waals surface area contributed by atoms with Crippen LogP contribution in [0.3, 0.4) is 0 Å². The van der Waals surface area contributed by atoms with Crippen molar-refractivity contribution in [2.24, 2.45) is 5.73 Å². The number of hydrogen-bond donors (Lipinski definition) is 1. The summed E-state index contributed by atoms with van der Waals surface area (Å²) in [5, 5.41) is 0. The third-order valence-corrected chi connectivity index (χ3v) is 3.46. The van der Waals surface area contributed by atoms with Crippen LogP contribution in [0.25, 0.3) is 0 Å². The highest BCUT2D eigenvalue weighted by atomic mass is 19.1. The Morgan fingerprint density at radius 2 is 1.62 bits per heavy atom. The first-order valence-electron chi connectivity index (χ1n) is 6.72. The fourth-order valence-electron chi connectivity index (χ4n) is 2.57. The molecule has 2 rings (SSSR count). The Bertz CT molecular complexity index is 604. The van der Waals surface area contributed by atoms with Gasteiger partial charge in [-0.05, 0) is 43.2 Å². The van der Waals surface area contributed by atoms with E-state index in [-0.39, 0.29) is 5.82 Å². The van der Waals surface area contributed by atoms with Crippen LogP contribution in [0.1, 0.15) is 18.1 Å². The van der Waals surface area contributed by atoms with E-state index < -0.39 is 5.54 Å². The van der Waals surface area contributed by atoms with Crippen molar-refractivity contribution < 1.29 is 13.9 Å². The minimum atomic E-state index is -0.744. The number of nitrogens with two attached hydrogens (primary N) is 1. The van der Waals surface area contributed by atoms with Gasteiger partial charge in [0.1, 0.15) is 17.3 Å². The second-order valence-corrected chi connectivity index (χ2v) is 5.26. The van der Waals surface area contributed by atoms with Gasteiger partial charge in [-0.15, -0.1) is 0 Å². The number of ether oxygens (including phenoxy) is 2. The fourth-order valence-corrected chi connectivity index (χ4v) is 2.57. The summed E-state index contributed by atoms with van der Waals surface area (Å²) in [5.74, 6) is 1.06. The third kappa shape index (κ3) is 3.34. The average Bonchev–Trinajstić information content (AvgIpc) is 2.45. The van der Waals surface area contributed by atoms with Crippen LogP contribution in [0, 0.1) is 5.82 Å². The monoisotopic (exact) mass is 289 g/mol. The van der Waals surface area contributed by atoms with Gasteiger partial charge in [0.25, 0.3) is 0 Å². The second kappa shape index (κ2) is 6.14. The van der Waals surface area contributed by atoms with Crippen LogP contribution in [0.15, 0.2) is 42.5 Å². The lowest BCUT2D eigenvalue weighted by Gasteiger charge is -2.29. The molecule has 1 unspecified atom stereocenters. The number of rotatable bonds is 5. The quantitative estimate of drug-likeness (QED) is 0.919. The molecule has 0 aromatic heterocycles. The summed E-state index contributed by atoms with van der Waals surface area (Å²) >= 11 is 0. The van der Waals surface area contributed by atoms with E-state index in [9.17, 15) is 4.39 Å². The van der Waals surface area contributed by atoms with Gasteiger partial charge in [-0.25, -0.2) is 4.39 Å². The number of methoxy groups -OCH3 is 2. The normalized spacial score (nSPS) is 13.6. The summed E-state index contributed by atoms with van der Waals surface area (Å²) in [4.78, 5) is 0. The molecule has 1 atom stereocenters. The molecule has 0 amide bonds. The van der Waals surface area contributed by atoms with E-state index in [0.29, 0.717) is 17.9 Å². The Kier molecular flexibility index (Phi) is 4.48. The molecule has 2 aromatic rings. The number of hydrogen-bond acceptors (Lipinski definition) is 3. The molecule has 0 fully saturated rings. The Morgan fingerprint density at radius 3 is 2.14 bits per heavy atom. The van der Waals surface area contributed by atoms with Crippen LogP contribution < -0.4 is 15.2 Å². The van der Waals surface area contributed by atoms with Crippen molar-refractivity contribution in [3.8, 4) is 11.5 Å². The smallest absolute Gasteiger partial charge is 0.127 e. The molecule has 21 heavy (non-hydrogen) atoms. The van der Waals surface area contributed by atoms with Gasteiger partial charge in [0.05, 0.1) is 19.8 Å². The number of halogens is 1. The van der Waals surface area contributed by atoms with Crippen LogP contribution in [0.4, 0.5) is 4.39 Å². The Labute approximate surface area is 124 Å². The van der Waals surface area contributed by atoms with Crippen LogP contribution in [-0.4, -0.2) is 14.2 Å². The highest BCUT2D eigenvalue weighted by molar-refractivity contribution is 5.49. The van der Waals surface area contributed by atoms with Crippen molar-refractivity contribution in [1.29, 1.82) is 0 Å². The topological polar surface area (TPSA) is 44.5 Å². The van der Waals surface area contributed by atoms with Gasteiger partial charge in [-0.3, -0.25) is 0 Å². The highest BCUT2D eigenvalue weighted by Gasteiger charge is 2.29. The molecule has 0 radical (unpaired) electrons. The maximum absolute atomic E-state index is 13.3. The molecule has 0 bridgehead atoms. The highest BCUT2D eigenvalue weighted by Crippen LogP contribution is 2.37. The Hall–Kier alpha value is -2.07. The van der Waals surface area contributed by atoms with Gasteiger partial charge in [-0.2, -0.15) is 0 Å². The summed E-state index contributed by atoms with van der Waals surface area (Å²) < 4.78 is 24.1. The lowest BCUT2D eigenvalue weighted by molar-refractivity contribution is 0.355. The van der Waals surface area contributed by atoms with Gasteiger partial charge in [0, 0.05) is 5.54 Å². The number of benzene rings is 2. The Morgan fingerprint density at radius 1 is 1.05 bits per heavy atom. The second-order valence-electron chi connectivity index (χ2n) is 5.26. The Balaban J connectivity index is 2.43. The standard InChI is InChI=1S/C17H20FNO2/c1-17(19,11-12-6-4-7-13(18)10-12)16-14(20-2)8-5-9-15(16)21-3/h4-10H,11,19H2,1-3H3. The van der Waals surface area contributed by atoms with E-state index in [2.05, 4.69) is 0 Å². The largest absolute Gasteiger partial charge is 0.496 e. The summed E-state index contributed by atoms with van der Waals surface area (Å²) in [6.07, 6.45) is 0.474. The van der Waals surface area contributed by atoms with Crippen molar-refractivity contribution in [1.82, 2.24) is 0 Å². The molecule has 3 nitrogen and oxygen atoms in total. The molecule has 112 valence electrons. The maximum Gasteiger partial charge on any atom is 0.127 e. The van der Waals surface area contributed by atoms with Crippen molar-refractivity contribution in [3.05, 3.63) is 59.4 Å². The van der Waals surface area contributed by atoms with Crippen molar-refractivity contribution in [2.45, 2.75) is 18.9 Å². The SMILES string of the molecule is COc1cccc(OC)c1C(C)(N)Cc1cccc(F)c1. The van der Waals surface area contributed by atoms with E-state index in [1.807, 2.05) is 31.2 Å². The molecule has 0 heterocycles. The molecular weight excluding hydrogens is 269 g/mol. The van der Waals surface area contributed by atoms with Crippen molar-refractivity contribution >= 4 is 0 Å². The zero-order valence-electron chi connectivity index (χ0n) is 12.5. The van der Waals surface area contributed by atoms with Gasteiger partial charge >= 0.3 is 0 Å². The van der Waals surface area contributed by atoms with Gasteiger partial charge in [-0.1, -0.05) is 18.2 Å². The molecule has 4 heteroatoms.